The Morgan fingerprint density at radius 2 is 2.00 bits per heavy atom. The lowest BCUT2D eigenvalue weighted by atomic mass is 10.2. The molecular formula is C13H22N2O3+2. The average molecular weight is 254 g/mol. The first-order valence-electron chi connectivity index (χ1n) is 6.45. The number of rotatable bonds is 7. The van der Waals surface area contributed by atoms with Gasteiger partial charge in [0, 0.05) is 5.56 Å². The van der Waals surface area contributed by atoms with Crippen LogP contribution in [0.1, 0.15) is 12.5 Å². The van der Waals surface area contributed by atoms with Crippen LogP contribution < -0.4 is 20.1 Å². The van der Waals surface area contributed by atoms with Crippen LogP contribution in [0.2, 0.25) is 0 Å². The summed E-state index contributed by atoms with van der Waals surface area (Å²) in [5.41, 5.74) is 1.25. The van der Waals surface area contributed by atoms with Crippen LogP contribution in [-0.2, 0) is 6.54 Å². The minimum Gasteiger partial charge on any atom is -0.454 e. The van der Waals surface area contributed by atoms with Crippen molar-refractivity contribution in [1.82, 2.24) is 0 Å². The van der Waals surface area contributed by atoms with Crippen LogP contribution in [0.25, 0.3) is 0 Å². The number of fused-ring (bicyclic) bond motifs is 1. The summed E-state index contributed by atoms with van der Waals surface area (Å²) in [5, 5.41) is 13.5. The van der Waals surface area contributed by atoms with E-state index in [9.17, 15) is 0 Å². The molecule has 0 saturated heterocycles. The number of nitrogens with two attached hydrogens (primary N) is 2. The third-order valence-electron chi connectivity index (χ3n) is 2.90. The molecule has 2 rings (SSSR count). The van der Waals surface area contributed by atoms with Gasteiger partial charge in [-0.3, -0.25) is 0 Å². The van der Waals surface area contributed by atoms with Gasteiger partial charge in [-0.25, -0.2) is 0 Å². The van der Waals surface area contributed by atoms with Gasteiger partial charge in [-0.2, -0.15) is 0 Å². The standard InChI is InChI=1S/C13H20N2O3/c1-10(16)7-14-4-5-15-8-11-2-3-12-13(6-11)18-9-17-12/h2-3,6,10,14-16H,4-5,7-9H2,1H3/p+2/t10-/m1/s1. The van der Waals surface area contributed by atoms with Crippen molar-refractivity contribution in [3.63, 3.8) is 0 Å². The summed E-state index contributed by atoms with van der Waals surface area (Å²) >= 11 is 0. The van der Waals surface area contributed by atoms with Crippen molar-refractivity contribution in [3.8, 4) is 11.5 Å². The normalized spacial score (nSPS) is 14.8. The van der Waals surface area contributed by atoms with E-state index in [0.717, 1.165) is 37.7 Å². The second kappa shape index (κ2) is 6.58. The molecule has 5 N–H and O–H groups in total. The lowest BCUT2D eigenvalue weighted by molar-refractivity contribution is -0.733. The Bertz CT molecular complexity index is 382. The predicted molar refractivity (Wildman–Crippen MR) is 66.4 cm³/mol. The summed E-state index contributed by atoms with van der Waals surface area (Å²) < 4.78 is 10.6. The van der Waals surface area contributed by atoms with Crippen molar-refractivity contribution in [1.29, 1.82) is 0 Å². The van der Waals surface area contributed by atoms with Gasteiger partial charge in [0.2, 0.25) is 6.79 Å². The van der Waals surface area contributed by atoms with Gasteiger partial charge >= 0.3 is 0 Å². The predicted octanol–water partition coefficient (Wildman–Crippen LogP) is -1.58. The third-order valence-corrected chi connectivity index (χ3v) is 2.90. The maximum atomic E-state index is 9.11. The molecule has 0 saturated carbocycles. The van der Waals surface area contributed by atoms with Crippen molar-refractivity contribution >= 4 is 0 Å². The number of quaternary nitrogens is 2. The molecule has 0 unspecified atom stereocenters. The SMILES string of the molecule is C[C@@H](O)C[NH2+]CC[NH2+]Cc1ccc2c(c1)OCO2. The van der Waals surface area contributed by atoms with Gasteiger partial charge in [-0.1, -0.05) is 0 Å². The van der Waals surface area contributed by atoms with Crippen molar-refractivity contribution in [2.45, 2.75) is 19.6 Å². The van der Waals surface area contributed by atoms with E-state index in [1.54, 1.807) is 0 Å². The number of aliphatic hydroxyl groups excluding tert-OH is 1. The Labute approximate surface area is 107 Å². The quantitative estimate of drug-likeness (QED) is 0.514. The fourth-order valence-electron chi connectivity index (χ4n) is 1.93. The molecule has 0 radical (unpaired) electrons. The molecule has 0 fully saturated rings. The van der Waals surface area contributed by atoms with E-state index in [0.29, 0.717) is 6.79 Å². The zero-order valence-corrected chi connectivity index (χ0v) is 10.8. The van der Waals surface area contributed by atoms with E-state index in [-0.39, 0.29) is 6.10 Å². The molecule has 1 heterocycles. The highest BCUT2D eigenvalue weighted by Crippen LogP contribution is 2.32. The smallest absolute Gasteiger partial charge is 0.231 e. The molecule has 5 heteroatoms. The number of hydrogen-bond donors (Lipinski definition) is 3. The monoisotopic (exact) mass is 254 g/mol. The Balaban J connectivity index is 1.65. The van der Waals surface area contributed by atoms with Gasteiger partial charge < -0.3 is 25.2 Å². The molecule has 1 atom stereocenters. The molecule has 5 nitrogen and oxygen atoms in total. The second-order valence-corrected chi connectivity index (χ2v) is 4.63. The molecular weight excluding hydrogens is 232 g/mol. The molecule has 0 bridgehead atoms. The van der Waals surface area contributed by atoms with E-state index in [4.69, 9.17) is 14.6 Å². The maximum absolute atomic E-state index is 9.11. The fraction of sp³-hybridized carbons (Fsp3) is 0.538. The Morgan fingerprint density at radius 3 is 2.83 bits per heavy atom. The minimum atomic E-state index is -0.223. The topological polar surface area (TPSA) is 71.9 Å². The largest absolute Gasteiger partial charge is 0.454 e. The molecule has 0 amide bonds. The number of hydrogen-bond acceptors (Lipinski definition) is 3. The van der Waals surface area contributed by atoms with E-state index >= 15 is 0 Å². The van der Waals surface area contributed by atoms with E-state index in [1.807, 2.05) is 19.1 Å². The van der Waals surface area contributed by atoms with Crippen molar-refractivity contribution < 1.29 is 25.2 Å². The first-order valence-corrected chi connectivity index (χ1v) is 6.45. The number of benzene rings is 1. The number of aliphatic hydroxyl groups is 1. The summed E-state index contributed by atoms with van der Waals surface area (Å²) in [6.07, 6.45) is -0.223. The lowest BCUT2D eigenvalue weighted by Gasteiger charge is -2.04. The molecule has 1 aliphatic heterocycles. The summed E-state index contributed by atoms with van der Waals surface area (Å²) in [4.78, 5) is 0. The Kier molecular flexibility index (Phi) is 4.81. The summed E-state index contributed by atoms with van der Waals surface area (Å²) in [6, 6.07) is 6.08. The van der Waals surface area contributed by atoms with E-state index in [1.165, 1.54) is 5.56 Å². The van der Waals surface area contributed by atoms with Crippen LogP contribution in [-0.4, -0.2) is 37.6 Å². The molecule has 0 aliphatic carbocycles. The summed E-state index contributed by atoms with van der Waals surface area (Å²) in [5.74, 6) is 1.69. The average Bonchev–Trinajstić information content (AvgIpc) is 2.80. The Hall–Kier alpha value is -1.30. The summed E-state index contributed by atoms with van der Waals surface area (Å²) in [6.45, 7) is 5.93. The minimum absolute atomic E-state index is 0.223. The van der Waals surface area contributed by atoms with Gasteiger partial charge in [0.1, 0.15) is 26.2 Å². The molecule has 1 aliphatic rings. The van der Waals surface area contributed by atoms with Crippen LogP contribution >= 0.6 is 0 Å². The van der Waals surface area contributed by atoms with Gasteiger partial charge in [0.05, 0.1) is 6.10 Å². The van der Waals surface area contributed by atoms with Gasteiger partial charge in [0.15, 0.2) is 11.5 Å². The highest BCUT2D eigenvalue weighted by Gasteiger charge is 2.13. The van der Waals surface area contributed by atoms with Gasteiger partial charge in [0.25, 0.3) is 0 Å². The second-order valence-electron chi connectivity index (χ2n) is 4.63. The Morgan fingerprint density at radius 1 is 1.22 bits per heavy atom. The van der Waals surface area contributed by atoms with Crippen molar-refractivity contribution in [2.75, 3.05) is 26.4 Å². The summed E-state index contributed by atoms with van der Waals surface area (Å²) in [7, 11) is 0. The third kappa shape index (κ3) is 3.87. The van der Waals surface area contributed by atoms with Gasteiger partial charge in [-0.05, 0) is 25.1 Å². The maximum Gasteiger partial charge on any atom is 0.231 e. The zero-order chi connectivity index (χ0) is 12.8. The van der Waals surface area contributed by atoms with E-state index < -0.39 is 0 Å². The fourth-order valence-corrected chi connectivity index (χ4v) is 1.93. The molecule has 100 valence electrons. The van der Waals surface area contributed by atoms with Crippen LogP contribution in [0.3, 0.4) is 0 Å². The molecule has 0 aromatic heterocycles. The van der Waals surface area contributed by atoms with Crippen molar-refractivity contribution in [3.05, 3.63) is 23.8 Å². The zero-order valence-electron chi connectivity index (χ0n) is 10.8. The van der Waals surface area contributed by atoms with E-state index in [2.05, 4.69) is 16.7 Å². The molecule has 1 aromatic carbocycles. The highest BCUT2D eigenvalue weighted by atomic mass is 16.7. The molecule has 18 heavy (non-hydrogen) atoms. The van der Waals surface area contributed by atoms with Crippen LogP contribution in [0.15, 0.2) is 18.2 Å². The lowest BCUT2D eigenvalue weighted by Crippen LogP contribution is -2.95. The van der Waals surface area contributed by atoms with Gasteiger partial charge in [-0.15, -0.1) is 0 Å². The molecule has 0 spiro atoms. The highest BCUT2D eigenvalue weighted by molar-refractivity contribution is 5.44. The van der Waals surface area contributed by atoms with Crippen molar-refractivity contribution in [2.24, 2.45) is 0 Å². The van der Waals surface area contributed by atoms with Crippen LogP contribution in [0.4, 0.5) is 0 Å². The number of ether oxygens (including phenoxy) is 2. The molecule has 1 aromatic rings. The first kappa shape index (κ1) is 13.1. The first-order chi connectivity index (χ1) is 8.75. The van der Waals surface area contributed by atoms with Crippen LogP contribution in [0.5, 0.6) is 11.5 Å². The van der Waals surface area contributed by atoms with Crippen LogP contribution in [0, 0.1) is 0 Å².